The number of aromatic amines is 2. The van der Waals surface area contributed by atoms with Gasteiger partial charge in [-0.05, 0) is 18.8 Å². The van der Waals surface area contributed by atoms with E-state index in [0.717, 1.165) is 48.7 Å². The predicted molar refractivity (Wildman–Crippen MR) is 117 cm³/mol. The van der Waals surface area contributed by atoms with Gasteiger partial charge in [0.25, 0.3) is 0 Å². The van der Waals surface area contributed by atoms with Gasteiger partial charge in [-0.2, -0.15) is 5.10 Å². The summed E-state index contributed by atoms with van der Waals surface area (Å²) in [4.78, 5) is 29.1. The molecule has 2 N–H and O–H groups in total. The molecule has 1 aromatic carbocycles. The minimum absolute atomic E-state index is 0.167. The number of hydrogen-bond donors (Lipinski definition) is 2. The molecule has 3 aromatic heterocycles. The lowest BCUT2D eigenvalue weighted by Crippen LogP contribution is -2.26. The molecule has 31 heavy (non-hydrogen) atoms. The Morgan fingerprint density at radius 1 is 1.13 bits per heavy atom. The first-order chi connectivity index (χ1) is 15.1. The molecule has 0 saturated carbocycles. The minimum Gasteiger partial charge on any atom is -0.381 e. The van der Waals surface area contributed by atoms with Gasteiger partial charge in [-0.1, -0.05) is 38.1 Å². The molecule has 9 nitrogen and oxygen atoms in total. The van der Waals surface area contributed by atoms with Crippen LogP contribution in [0.1, 0.15) is 38.4 Å². The molecule has 1 fully saturated rings. The van der Waals surface area contributed by atoms with Gasteiger partial charge in [-0.3, -0.25) is 14.6 Å². The first-order valence-electron chi connectivity index (χ1n) is 10.6. The van der Waals surface area contributed by atoms with E-state index in [2.05, 4.69) is 39.0 Å². The molecular formula is C22H25N7O2. The highest BCUT2D eigenvalue weighted by molar-refractivity contribution is 5.72. The zero-order valence-corrected chi connectivity index (χ0v) is 17.6. The molecule has 0 spiro atoms. The first kappa shape index (κ1) is 19.6. The van der Waals surface area contributed by atoms with Gasteiger partial charge in [-0.15, -0.1) is 0 Å². The van der Waals surface area contributed by atoms with Gasteiger partial charge >= 0.3 is 5.69 Å². The molecular weight excluding hydrogens is 394 g/mol. The molecule has 1 saturated heterocycles. The molecule has 0 amide bonds. The molecule has 9 heteroatoms. The summed E-state index contributed by atoms with van der Waals surface area (Å²) in [5.74, 6) is 2.24. The van der Waals surface area contributed by atoms with E-state index in [4.69, 9.17) is 9.72 Å². The van der Waals surface area contributed by atoms with E-state index in [-0.39, 0.29) is 5.69 Å². The maximum Gasteiger partial charge on any atom is 0.328 e. The van der Waals surface area contributed by atoms with Crippen LogP contribution < -0.4 is 5.69 Å². The summed E-state index contributed by atoms with van der Waals surface area (Å²) in [6, 6.07) is 7.90. The summed E-state index contributed by atoms with van der Waals surface area (Å²) in [7, 11) is 0. The largest absolute Gasteiger partial charge is 0.381 e. The standard InChI is InChI=1S/C22H25N7O2/c1-13(2)18-25-19(28-27-18)16-5-3-15(4-6-16)17-11-23-20-21(24-17)29(22(30)26-20)12-14-7-9-31-10-8-14/h3-6,11,13-14H,7-10,12H2,1-2H3,(H,23,26,30)(H,25,27,28). The van der Waals surface area contributed by atoms with E-state index in [1.165, 1.54) is 0 Å². The lowest BCUT2D eigenvalue weighted by atomic mass is 10.0. The van der Waals surface area contributed by atoms with Gasteiger partial charge in [0.05, 0.1) is 11.9 Å². The smallest absolute Gasteiger partial charge is 0.328 e. The molecule has 0 unspecified atom stereocenters. The molecule has 4 aromatic rings. The zero-order chi connectivity index (χ0) is 21.4. The molecule has 0 atom stereocenters. The van der Waals surface area contributed by atoms with Crippen LogP contribution in [0.4, 0.5) is 0 Å². The van der Waals surface area contributed by atoms with E-state index < -0.39 is 0 Å². The normalized spacial score (nSPS) is 15.2. The number of fused-ring (bicyclic) bond motifs is 1. The molecule has 0 bridgehead atoms. The third kappa shape index (κ3) is 3.88. The van der Waals surface area contributed by atoms with Crippen molar-refractivity contribution >= 4 is 11.3 Å². The second-order valence-electron chi connectivity index (χ2n) is 8.30. The molecule has 160 valence electrons. The predicted octanol–water partition coefficient (Wildman–Crippen LogP) is 3.12. The Morgan fingerprint density at radius 2 is 1.87 bits per heavy atom. The second-order valence-corrected chi connectivity index (χ2v) is 8.30. The van der Waals surface area contributed by atoms with Gasteiger partial charge in [0.1, 0.15) is 5.82 Å². The Balaban J connectivity index is 1.44. The molecule has 5 rings (SSSR count). The van der Waals surface area contributed by atoms with E-state index in [1.807, 2.05) is 24.3 Å². The highest BCUT2D eigenvalue weighted by Gasteiger charge is 2.19. The molecule has 0 radical (unpaired) electrons. The highest BCUT2D eigenvalue weighted by Crippen LogP contribution is 2.24. The number of nitrogens with zero attached hydrogens (tertiary/aromatic N) is 5. The van der Waals surface area contributed by atoms with Crippen molar-refractivity contribution < 1.29 is 4.74 Å². The van der Waals surface area contributed by atoms with Crippen LogP contribution in [0.2, 0.25) is 0 Å². The SMILES string of the molecule is CC(C)c1nc(-c2ccc(-c3cnc4[nH]c(=O)n(CC5CCOCC5)c4n3)cc2)n[nH]1. The van der Waals surface area contributed by atoms with Crippen molar-refractivity contribution in [3.05, 3.63) is 46.8 Å². The van der Waals surface area contributed by atoms with Crippen molar-refractivity contribution in [3.63, 3.8) is 0 Å². The maximum absolute atomic E-state index is 12.5. The van der Waals surface area contributed by atoms with Crippen molar-refractivity contribution in [1.29, 1.82) is 0 Å². The van der Waals surface area contributed by atoms with Crippen LogP contribution in [-0.2, 0) is 11.3 Å². The average molecular weight is 419 g/mol. The number of nitrogens with one attached hydrogen (secondary N) is 2. The van der Waals surface area contributed by atoms with Gasteiger partial charge in [0.15, 0.2) is 17.1 Å². The minimum atomic E-state index is -0.167. The number of imidazole rings is 1. The van der Waals surface area contributed by atoms with Crippen molar-refractivity contribution in [1.82, 2.24) is 34.7 Å². The summed E-state index contributed by atoms with van der Waals surface area (Å²) in [5, 5.41) is 7.29. The van der Waals surface area contributed by atoms with Crippen LogP contribution in [-0.4, -0.2) is 47.9 Å². The fourth-order valence-electron chi connectivity index (χ4n) is 3.87. The van der Waals surface area contributed by atoms with Crippen LogP contribution in [0, 0.1) is 5.92 Å². The Labute approximate surface area is 178 Å². The van der Waals surface area contributed by atoms with Crippen LogP contribution in [0.25, 0.3) is 33.9 Å². The number of rotatable bonds is 5. The Kier molecular flexibility index (Phi) is 5.11. The fourth-order valence-corrected chi connectivity index (χ4v) is 3.87. The van der Waals surface area contributed by atoms with E-state index >= 15 is 0 Å². The van der Waals surface area contributed by atoms with E-state index in [1.54, 1.807) is 10.8 Å². The van der Waals surface area contributed by atoms with Crippen LogP contribution in [0.5, 0.6) is 0 Å². The van der Waals surface area contributed by atoms with Crippen LogP contribution in [0.3, 0.4) is 0 Å². The lowest BCUT2D eigenvalue weighted by Gasteiger charge is -2.21. The van der Waals surface area contributed by atoms with Crippen molar-refractivity contribution in [2.75, 3.05) is 13.2 Å². The first-order valence-corrected chi connectivity index (χ1v) is 10.6. The monoisotopic (exact) mass is 419 g/mol. The number of H-pyrrole nitrogens is 2. The van der Waals surface area contributed by atoms with E-state index in [9.17, 15) is 4.79 Å². The quantitative estimate of drug-likeness (QED) is 0.514. The number of hydrogen-bond acceptors (Lipinski definition) is 6. The van der Waals surface area contributed by atoms with Gasteiger partial charge in [0, 0.05) is 36.8 Å². The molecule has 4 heterocycles. The fraction of sp³-hybridized carbons (Fsp3) is 0.409. The zero-order valence-electron chi connectivity index (χ0n) is 17.6. The van der Waals surface area contributed by atoms with Crippen molar-refractivity contribution in [2.45, 2.75) is 39.2 Å². The second kappa shape index (κ2) is 8.07. The summed E-state index contributed by atoms with van der Waals surface area (Å²) in [6.07, 6.45) is 3.59. The van der Waals surface area contributed by atoms with E-state index in [0.29, 0.717) is 35.5 Å². The third-order valence-corrected chi connectivity index (χ3v) is 5.75. The maximum atomic E-state index is 12.5. The summed E-state index contributed by atoms with van der Waals surface area (Å²) >= 11 is 0. The number of benzene rings is 1. The molecule has 1 aliphatic rings. The van der Waals surface area contributed by atoms with Gasteiger partial charge in [0.2, 0.25) is 0 Å². The molecule has 0 aliphatic carbocycles. The number of aromatic nitrogens is 7. The van der Waals surface area contributed by atoms with Gasteiger partial charge in [-0.25, -0.2) is 19.7 Å². The Hall–Kier alpha value is -3.33. The van der Waals surface area contributed by atoms with Crippen LogP contribution >= 0.6 is 0 Å². The van der Waals surface area contributed by atoms with Crippen molar-refractivity contribution in [3.8, 4) is 22.6 Å². The molecule has 1 aliphatic heterocycles. The topological polar surface area (TPSA) is 114 Å². The van der Waals surface area contributed by atoms with Gasteiger partial charge < -0.3 is 4.74 Å². The van der Waals surface area contributed by atoms with Crippen molar-refractivity contribution in [2.24, 2.45) is 5.92 Å². The van der Waals surface area contributed by atoms with Crippen LogP contribution in [0.15, 0.2) is 35.3 Å². The summed E-state index contributed by atoms with van der Waals surface area (Å²) in [6.45, 7) is 6.26. The average Bonchev–Trinajstić information content (AvgIpc) is 3.40. The highest BCUT2D eigenvalue weighted by atomic mass is 16.5. The summed E-state index contributed by atoms with van der Waals surface area (Å²) in [5.41, 5.74) is 3.51. The Morgan fingerprint density at radius 3 is 2.58 bits per heavy atom. The number of ether oxygens (including phenoxy) is 1. The lowest BCUT2D eigenvalue weighted by molar-refractivity contribution is 0.0613. The summed E-state index contributed by atoms with van der Waals surface area (Å²) < 4.78 is 7.14. The third-order valence-electron chi connectivity index (χ3n) is 5.75. The Bertz CT molecular complexity index is 1250.